The van der Waals surface area contributed by atoms with Crippen LogP contribution in [0.4, 0.5) is 6.01 Å². The molecule has 5 heteroatoms. The Hall–Kier alpha value is -2.04. The highest BCUT2D eigenvalue weighted by atomic mass is 16.4. The fraction of sp³-hybridized carbons (Fsp3) is 0.333. The summed E-state index contributed by atoms with van der Waals surface area (Å²) in [5.41, 5.74) is 6.76. The highest BCUT2D eigenvalue weighted by Gasteiger charge is 2.16. The van der Waals surface area contributed by atoms with Crippen molar-refractivity contribution in [1.82, 2.24) is 4.98 Å². The van der Waals surface area contributed by atoms with Gasteiger partial charge in [-0.1, -0.05) is 6.07 Å². The summed E-state index contributed by atoms with van der Waals surface area (Å²) in [6.07, 6.45) is 0. The van der Waals surface area contributed by atoms with E-state index in [0.29, 0.717) is 22.7 Å². The van der Waals surface area contributed by atoms with Crippen molar-refractivity contribution in [1.29, 1.82) is 0 Å². The monoisotopic (exact) mass is 233 g/mol. The molecule has 2 aromatic rings. The lowest BCUT2D eigenvalue weighted by Gasteiger charge is -2.18. The van der Waals surface area contributed by atoms with Crippen molar-refractivity contribution >= 4 is 23.0 Å². The molecule has 0 saturated carbocycles. The molecule has 0 saturated heterocycles. The first kappa shape index (κ1) is 11.4. The van der Waals surface area contributed by atoms with Gasteiger partial charge in [0, 0.05) is 13.1 Å². The number of nitrogens with two attached hydrogens (primary N) is 1. The van der Waals surface area contributed by atoms with Gasteiger partial charge >= 0.3 is 0 Å². The normalized spacial score (nSPS) is 11.1. The van der Waals surface area contributed by atoms with Gasteiger partial charge in [0.15, 0.2) is 5.58 Å². The van der Waals surface area contributed by atoms with Gasteiger partial charge in [-0.05, 0) is 26.0 Å². The van der Waals surface area contributed by atoms with Crippen LogP contribution in [0.15, 0.2) is 22.6 Å². The third-order valence-corrected chi connectivity index (χ3v) is 2.75. The van der Waals surface area contributed by atoms with Gasteiger partial charge in [-0.25, -0.2) is 0 Å². The van der Waals surface area contributed by atoms with E-state index in [1.54, 1.807) is 18.2 Å². The Balaban J connectivity index is 2.57. The number of amides is 1. The van der Waals surface area contributed by atoms with E-state index in [4.69, 9.17) is 10.2 Å². The largest absolute Gasteiger partial charge is 0.423 e. The molecule has 1 amide bonds. The van der Waals surface area contributed by atoms with E-state index in [9.17, 15) is 4.79 Å². The maximum absolute atomic E-state index is 11.3. The van der Waals surface area contributed by atoms with Crippen LogP contribution in [0.5, 0.6) is 0 Å². The number of carbonyl (C=O) groups excluding carboxylic acids is 1. The second-order valence-corrected chi connectivity index (χ2v) is 4.22. The SMILES string of the molecule is CC(C)N(C)c1nc2c(C(N)=O)cccc2o1. The summed E-state index contributed by atoms with van der Waals surface area (Å²) in [4.78, 5) is 17.5. The van der Waals surface area contributed by atoms with Gasteiger partial charge in [0.2, 0.25) is 0 Å². The van der Waals surface area contributed by atoms with Crippen LogP contribution in [0, 0.1) is 0 Å². The minimum atomic E-state index is -0.498. The number of oxazole rings is 1. The number of fused-ring (bicyclic) bond motifs is 1. The number of para-hydroxylation sites is 1. The summed E-state index contributed by atoms with van der Waals surface area (Å²) in [5, 5.41) is 0. The van der Waals surface area contributed by atoms with E-state index in [0.717, 1.165) is 0 Å². The summed E-state index contributed by atoms with van der Waals surface area (Å²) in [6.45, 7) is 4.06. The lowest BCUT2D eigenvalue weighted by molar-refractivity contribution is 0.100. The van der Waals surface area contributed by atoms with Crippen LogP contribution in [0.25, 0.3) is 11.1 Å². The quantitative estimate of drug-likeness (QED) is 0.876. The second-order valence-electron chi connectivity index (χ2n) is 4.22. The number of aromatic nitrogens is 1. The molecule has 2 rings (SSSR count). The molecule has 1 aromatic heterocycles. The Kier molecular flexibility index (Phi) is 2.75. The fourth-order valence-corrected chi connectivity index (χ4v) is 1.51. The number of anilines is 1. The number of benzene rings is 1. The number of hydrogen-bond acceptors (Lipinski definition) is 4. The molecule has 1 aromatic carbocycles. The van der Waals surface area contributed by atoms with E-state index in [1.807, 2.05) is 25.8 Å². The Morgan fingerprint density at radius 1 is 1.47 bits per heavy atom. The average molecular weight is 233 g/mol. The molecule has 0 fully saturated rings. The van der Waals surface area contributed by atoms with Crippen molar-refractivity contribution in [2.24, 2.45) is 5.73 Å². The van der Waals surface area contributed by atoms with Crippen molar-refractivity contribution in [3.05, 3.63) is 23.8 Å². The Morgan fingerprint density at radius 2 is 2.18 bits per heavy atom. The molecule has 0 aliphatic heterocycles. The van der Waals surface area contributed by atoms with E-state index >= 15 is 0 Å². The topological polar surface area (TPSA) is 72.4 Å². The van der Waals surface area contributed by atoms with Crippen molar-refractivity contribution in [2.75, 3.05) is 11.9 Å². The van der Waals surface area contributed by atoms with Crippen LogP contribution in [0.2, 0.25) is 0 Å². The zero-order chi connectivity index (χ0) is 12.6. The maximum Gasteiger partial charge on any atom is 0.298 e. The summed E-state index contributed by atoms with van der Waals surface area (Å²) >= 11 is 0. The Labute approximate surface area is 99.2 Å². The molecule has 5 nitrogen and oxygen atoms in total. The molecule has 0 radical (unpaired) electrons. The van der Waals surface area contributed by atoms with Crippen LogP contribution in [0.1, 0.15) is 24.2 Å². The zero-order valence-corrected chi connectivity index (χ0v) is 10.1. The van der Waals surface area contributed by atoms with Crippen molar-refractivity contribution in [2.45, 2.75) is 19.9 Å². The highest BCUT2D eigenvalue weighted by Crippen LogP contribution is 2.24. The molecule has 0 bridgehead atoms. The third kappa shape index (κ3) is 1.95. The molecule has 90 valence electrons. The van der Waals surface area contributed by atoms with Crippen LogP contribution in [-0.2, 0) is 0 Å². The Morgan fingerprint density at radius 3 is 2.76 bits per heavy atom. The lowest BCUT2D eigenvalue weighted by Crippen LogP contribution is -2.25. The number of nitrogens with zero attached hydrogens (tertiary/aromatic N) is 2. The maximum atomic E-state index is 11.3. The van der Waals surface area contributed by atoms with Crippen molar-refractivity contribution < 1.29 is 9.21 Å². The van der Waals surface area contributed by atoms with Gasteiger partial charge in [-0.2, -0.15) is 4.98 Å². The molecule has 0 unspecified atom stereocenters. The first-order valence-electron chi connectivity index (χ1n) is 5.43. The smallest absolute Gasteiger partial charge is 0.298 e. The molecular weight excluding hydrogens is 218 g/mol. The van der Waals surface area contributed by atoms with Crippen LogP contribution >= 0.6 is 0 Å². The van der Waals surface area contributed by atoms with Crippen molar-refractivity contribution in [3.8, 4) is 0 Å². The molecule has 0 atom stereocenters. The lowest BCUT2D eigenvalue weighted by atomic mass is 10.2. The summed E-state index contributed by atoms with van der Waals surface area (Å²) in [6, 6.07) is 5.90. The second kappa shape index (κ2) is 4.08. The van der Waals surface area contributed by atoms with E-state index in [-0.39, 0.29) is 6.04 Å². The van der Waals surface area contributed by atoms with Gasteiger partial charge in [0.05, 0.1) is 5.56 Å². The van der Waals surface area contributed by atoms with E-state index in [2.05, 4.69) is 4.98 Å². The predicted molar refractivity (Wildman–Crippen MR) is 66.1 cm³/mol. The van der Waals surface area contributed by atoms with E-state index < -0.39 is 5.91 Å². The minimum absolute atomic E-state index is 0.264. The zero-order valence-electron chi connectivity index (χ0n) is 10.1. The first-order valence-corrected chi connectivity index (χ1v) is 5.43. The van der Waals surface area contributed by atoms with E-state index in [1.165, 1.54) is 0 Å². The third-order valence-electron chi connectivity index (χ3n) is 2.75. The summed E-state index contributed by atoms with van der Waals surface area (Å²) in [7, 11) is 1.89. The van der Waals surface area contributed by atoms with Gasteiger partial charge in [0.25, 0.3) is 11.9 Å². The molecule has 1 heterocycles. The fourth-order valence-electron chi connectivity index (χ4n) is 1.51. The standard InChI is InChI=1S/C12H15N3O2/c1-7(2)15(3)12-14-10-8(11(13)16)5-4-6-9(10)17-12/h4-7H,1-3H3,(H2,13,16). The first-order chi connectivity index (χ1) is 8.00. The molecule has 0 aliphatic carbocycles. The van der Waals surface area contributed by atoms with Crippen LogP contribution < -0.4 is 10.6 Å². The average Bonchev–Trinajstić information content (AvgIpc) is 2.70. The van der Waals surface area contributed by atoms with Gasteiger partial charge in [0.1, 0.15) is 5.52 Å². The molecule has 0 spiro atoms. The number of primary amides is 1. The van der Waals surface area contributed by atoms with Gasteiger partial charge in [-0.15, -0.1) is 0 Å². The minimum Gasteiger partial charge on any atom is -0.423 e. The molecule has 2 N–H and O–H groups in total. The van der Waals surface area contributed by atoms with Gasteiger partial charge in [-0.3, -0.25) is 4.79 Å². The summed E-state index contributed by atoms with van der Waals surface area (Å²) < 4.78 is 5.59. The molecular formula is C12H15N3O2. The summed E-state index contributed by atoms with van der Waals surface area (Å²) in [5.74, 6) is -0.498. The van der Waals surface area contributed by atoms with Gasteiger partial charge < -0.3 is 15.1 Å². The number of carbonyl (C=O) groups is 1. The Bertz CT molecular complexity index is 560. The molecule has 17 heavy (non-hydrogen) atoms. The highest BCUT2D eigenvalue weighted by molar-refractivity contribution is 6.03. The molecule has 0 aliphatic rings. The number of rotatable bonds is 3. The van der Waals surface area contributed by atoms with Crippen molar-refractivity contribution in [3.63, 3.8) is 0 Å². The van der Waals surface area contributed by atoms with Crippen LogP contribution in [-0.4, -0.2) is 24.0 Å². The predicted octanol–water partition coefficient (Wildman–Crippen LogP) is 1.77. The van der Waals surface area contributed by atoms with Crippen LogP contribution in [0.3, 0.4) is 0 Å². The number of hydrogen-bond donors (Lipinski definition) is 1.